The lowest BCUT2D eigenvalue weighted by molar-refractivity contribution is 0.0340. The van der Waals surface area contributed by atoms with E-state index in [0.29, 0.717) is 41.6 Å². The second kappa shape index (κ2) is 11.6. The standard InChI is InChI=1S/C29H30BrN3O4S2/c1-2-37-28(35)26-24(17-39-29-31-22(16-38-29)18-6-4-3-5-7-18)33(19-8-9-19)23-14-21(30)27(34)20(25(23)26)15-32-10-12-36-13-11-32/h3-7,14,16,19,34H,2,8-13,15,17H2,1H3. The quantitative estimate of drug-likeness (QED) is 0.160. The Morgan fingerprint density at radius 3 is 2.74 bits per heavy atom. The van der Waals surface area contributed by atoms with E-state index in [1.165, 1.54) is 0 Å². The fourth-order valence-corrected chi connectivity index (χ4v) is 7.51. The van der Waals surface area contributed by atoms with Crippen molar-refractivity contribution < 1.29 is 19.4 Å². The Bertz CT molecular complexity index is 1490. The summed E-state index contributed by atoms with van der Waals surface area (Å²) in [6, 6.07) is 12.4. The molecule has 39 heavy (non-hydrogen) atoms. The average molecular weight is 629 g/mol. The van der Waals surface area contributed by atoms with Crippen molar-refractivity contribution in [3.05, 3.63) is 63.1 Å². The predicted molar refractivity (Wildman–Crippen MR) is 159 cm³/mol. The summed E-state index contributed by atoms with van der Waals surface area (Å²) in [5, 5.41) is 14.1. The number of fused-ring (bicyclic) bond motifs is 1. The number of phenolic OH excluding ortho intramolecular Hbond substituents is 1. The fourth-order valence-electron chi connectivity index (χ4n) is 5.20. The summed E-state index contributed by atoms with van der Waals surface area (Å²) < 4.78 is 15.1. The molecule has 0 atom stereocenters. The summed E-state index contributed by atoms with van der Waals surface area (Å²) in [6.07, 6.45) is 2.13. The van der Waals surface area contributed by atoms with Gasteiger partial charge in [-0.3, -0.25) is 4.90 Å². The highest BCUT2D eigenvalue weighted by atomic mass is 79.9. The summed E-state index contributed by atoms with van der Waals surface area (Å²) in [6.45, 7) is 5.53. The summed E-state index contributed by atoms with van der Waals surface area (Å²) in [5.74, 6) is 0.418. The van der Waals surface area contributed by atoms with E-state index >= 15 is 0 Å². The van der Waals surface area contributed by atoms with Crippen LogP contribution in [0.3, 0.4) is 0 Å². The first-order valence-corrected chi connectivity index (χ1v) is 15.9. The molecule has 1 aliphatic carbocycles. The number of aromatic hydroxyl groups is 1. The first-order chi connectivity index (χ1) is 19.0. The number of ether oxygens (including phenoxy) is 2. The van der Waals surface area contributed by atoms with Crippen LogP contribution in [0.2, 0.25) is 0 Å². The van der Waals surface area contributed by atoms with Gasteiger partial charge in [-0.2, -0.15) is 0 Å². The van der Waals surface area contributed by atoms with Gasteiger partial charge in [0.05, 0.1) is 41.1 Å². The summed E-state index contributed by atoms with van der Waals surface area (Å²) in [4.78, 5) is 20.7. The number of phenols is 1. The van der Waals surface area contributed by atoms with Crippen LogP contribution in [0.15, 0.2) is 50.6 Å². The number of carbonyl (C=O) groups is 1. The lowest BCUT2D eigenvalue weighted by atomic mass is 10.0. The van der Waals surface area contributed by atoms with Gasteiger partial charge >= 0.3 is 5.97 Å². The number of thiazole rings is 1. The van der Waals surface area contributed by atoms with Crippen LogP contribution >= 0.6 is 39.0 Å². The van der Waals surface area contributed by atoms with Gasteiger partial charge in [0.2, 0.25) is 0 Å². The van der Waals surface area contributed by atoms with Gasteiger partial charge in [0.15, 0.2) is 4.34 Å². The number of hydrogen-bond donors (Lipinski definition) is 1. The van der Waals surface area contributed by atoms with Crippen molar-refractivity contribution in [2.75, 3.05) is 32.9 Å². The smallest absolute Gasteiger partial charge is 0.340 e. The summed E-state index contributed by atoms with van der Waals surface area (Å²) in [7, 11) is 0. The molecule has 6 rings (SSSR count). The normalized spacial score (nSPS) is 16.2. The highest BCUT2D eigenvalue weighted by Crippen LogP contribution is 2.47. The molecule has 1 saturated carbocycles. The first kappa shape index (κ1) is 26.8. The van der Waals surface area contributed by atoms with Crippen LogP contribution in [0.25, 0.3) is 22.2 Å². The monoisotopic (exact) mass is 627 g/mol. The van der Waals surface area contributed by atoms with E-state index in [2.05, 4.69) is 42.9 Å². The van der Waals surface area contributed by atoms with E-state index in [0.717, 1.165) is 63.7 Å². The molecular weight excluding hydrogens is 598 g/mol. The zero-order valence-corrected chi connectivity index (χ0v) is 24.9. The van der Waals surface area contributed by atoms with Crippen LogP contribution in [-0.2, 0) is 21.8 Å². The molecule has 0 radical (unpaired) electrons. The van der Waals surface area contributed by atoms with Crippen molar-refractivity contribution in [1.82, 2.24) is 14.5 Å². The van der Waals surface area contributed by atoms with Gasteiger partial charge in [-0.1, -0.05) is 42.1 Å². The minimum Gasteiger partial charge on any atom is -0.506 e. The molecule has 0 spiro atoms. The van der Waals surface area contributed by atoms with E-state index < -0.39 is 0 Å². The maximum absolute atomic E-state index is 13.6. The van der Waals surface area contributed by atoms with Crippen molar-refractivity contribution in [3.63, 3.8) is 0 Å². The lowest BCUT2D eigenvalue weighted by Crippen LogP contribution is -2.35. The minimum absolute atomic E-state index is 0.180. The molecule has 2 aromatic heterocycles. The number of morpholine rings is 1. The van der Waals surface area contributed by atoms with Gasteiger partial charge in [-0.05, 0) is 41.8 Å². The third-order valence-electron chi connectivity index (χ3n) is 7.18. The molecule has 1 aliphatic heterocycles. The Morgan fingerprint density at radius 1 is 1.26 bits per heavy atom. The molecule has 1 N–H and O–H groups in total. The Hall–Kier alpha value is -2.37. The highest BCUT2D eigenvalue weighted by molar-refractivity contribution is 9.10. The fraction of sp³-hybridized carbons (Fsp3) is 0.379. The lowest BCUT2D eigenvalue weighted by Gasteiger charge is -2.27. The third-order valence-corrected chi connectivity index (χ3v) is 9.82. The third kappa shape index (κ3) is 5.50. The van der Waals surface area contributed by atoms with E-state index in [9.17, 15) is 9.90 Å². The molecule has 0 amide bonds. The average Bonchev–Trinajstić information content (AvgIpc) is 3.58. The molecule has 2 aliphatic rings. The van der Waals surface area contributed by atoms with Crippen molar-refractivity contribution >= 4 is 55.9 Å². The molecule has 2 aromatic carbocycles. The molecule has 3 heterocycles. The largest absolute Gasteiger partial charge is 0.506 e. The number of benzene rings is 2. The van der Waals surface area contributed by atoms with Gasteiger partial charge in [-0.25, -0.2) is 9.78 Å². The molecule has 0 unspecified atom stereocenters. The van der Waals surface area contributed by atoms with E-state index in [4.69, 9.17) is 14.5 Å². The van der Waals surface area contributed by atoms with E-state index in [1.807, 2.05) is 31.2 Å². The van der Waals surface area contributed by atoms with E-state index in [1.54, 1.807) is 23.1 Å². The number of hydrogen-bond acceptors (Lipinski definition) is 8. The molecule has 7 nitrogen and oxygen atoms in total. The zero-order valence-electron chi connectivity index (χ0n) is 21.7. The number of esters is 1. The predicted octanol–water partition coefficient (Wildman–Crippen LogP) is 6.87. The summed E-state index contributed by atoms with van der Waals surface area (Å²) in [5.41, 5.74) is 5.28. The van der Waals surface area contributed by atoms with Crippen molar-refractivity contribution in [1.29, 1.82) is 0 Å². The zero-order chi connectivity index (χ0) is 26.9. The molecule has 10 heteroatoms. The van der Waals surface area contributed by atoms with Crippen LogP contribution in [-0.4, -0.2) is 58.4 Å². The molecule has 204 valence electrons. The van der Waals surface area contributed by atoms with Gasteiger partial charge in [0.1, 0.15) is 5.75 Å². The number of rotatable bonds is 9. The van der Waals surface area contributed by atoms with Crippen molar-refractivity contribution in [2.45, 2.75) is 42.4 Å². The van der Waals surface area contributed by atoms with Crippen LogP contribution < -0.4 is 0 Å². The van der Waals surface area contributed by atoms with E-state index in [-0.39, 0.29) is 18.3 Å². The molecular formula is C29H30BrN3O4S2. The van der Waals surface area contributed by atoms with Crippen LogP contribution in [0.1, 0.15) is 47.4 Å². The van der Waals surface area contributed by atoms with Crippen LogP contribution in [0.4, 0.5) is 0 Å². The number of thioether (sulfide) groups is 1. The Balaban J connectivity index is 1.44. The maximum atomic E-state index is 13.6. The summed E-state index contributed by atoms with van der Waals surface area (Å²) >= 11 is 6.86. The number of nitrogens with zero attached hydrogens (tertiary/aromatic N) is 3. The van der Waals surface area contributed by atoms with Gasteiger partial charge in [-0.15, -0.1) is 11.3 Å². The van der Waals surface area contributed by atoms with Gasteiger partial charge in [0.25, 0.3) is 0 Å². The van der Waals surface area contributed by atoms with Crippen molar-refractivity contribution in [2.24, 2.45) is 0 Å². The van der Waals surface area contributed by atoms with Crippen LogP contribution in [0.5, 0.6) is 5.75 Å². The molecule has 1 saturated heterocycles. The Labute approximate surface area is 244 Å². The minimum atomic E-state index is -0.341. The number of halogens is 1. The van der Waals surface area contributed by atoms with Gasteiger partial charge in [0, 0.05) is 59.0 Å². The van der Waals surface area contributed by atoms with Crippen molar-refractivity contribution in [3.8, 4) is 17.0 Å². The number of carbonyl (C=O) groups excluding carboxylic acids is 1. The molecule has 2 fully saturated rings. The Morgan fingerprint density at radius 2 is 2.03 bits per heavy atom. The maximum Gasteiger partial charge on any atom is 0.340 e. The molecule has 4 aromatic rings. The van der Waals surface area contributed by atoms with Crippen LogP contribution in [0, 0.1) is 0 Å². The van der Waals surface area contributed by atoms with Gasteiger partial charge < -0.3 is 19.1 Å². The second-order valence-corrected chi connectivity index (χ2v) is 12.7. The highest BCUT2D eigenvalue weighted by Gasteiger charge is 2.35. The first-order valence-electron chi connectivity index (χ1n) is 13.2. The SMILES string of the molecule is CCOC(=O)c1c(CSc2nc(-c3ccccc3)cs2)n(C2CC2)c2cc(Br)c(O)c(CN3CCOCC3)c12. The topological polar surface area (TPSA) is 76.8 Å². The molecule has 0 bridgehead atoms. The Kier molecular flexibility index (Phi) is 8.00. The second-order valence-electron chi connectivity index (χ2n) is 9.76. The number of aromatic nitrogens is 2.